The van der Waals surface area contributed by atoms with Crippen LogP contribution >= 0.6 is 0 Å². The van der Waals surface area contributed by atoms with Gasteiger partial charge in [-0.05, 0) is 37.5 Å². The molecule has 82 valence electrons. The zero-order valence-corrected chi connectivity index (χ0v) is 11.5. The Labute approximate surface area is 92.6 Å². The van der Waals surface area contributed by atoms with Gasteiger partial charge in [0.2, 0.25) is 0 Å². The van der Waals surface area contributed by atoms with Crippen molar-refractivity contribution >= 4 is 16.5 Å². The Kier molecular flexibility index (Phi) is 3.31. The van der Waals surface area contributed by atoms with E-state index in [0.717, 1.165) is 16.7 Å². The van der Waals surface area contributed by atoms with E-state index in [4.69, 9.17) is 4.43 Å². The molecular formula is C11H16O3Si. The lowest BCUT2D eigenvalue weighted by atomic mass is 9.90. The molecule has 0 aliphatic rings. The molecule has 1 rings (SSSR count). The van der Waals surface area contributed by atoms with E-state index in [-0.39, 0.29) is 0 Å². The molecule has 0 spiro atoms. The monoisotopic (exact) mass is 224 g/mol. The van der Waals surface area contributed by atoms with Gasteiger partial charge in [-0.2, -0.15) is 0 Å². The van der Waals surface area contributed by atoms with Gasteiger partial charge >= 0.3 is 5.97 Å². The third kappa shape index (κ3) is 1.96. The minimum atomic E-state index is -1.21. The van der Waals surface area contributed by atoms with Crippen LogP contribution in [0.5, 0.6) is 0 Å². The van der Waals surface area contributed by atoms with Crippen LogP contribution in [0, 0.1) is 13.8 Å². The first-order valence-corrected chi connectivity index (χ1v) is 5.60. The molecule has 3 nitrogen and oxygen atoms in total. The summed E-state index contributed by atoms with van der Waals surface area (Å²) in [7, 11) is 0.394. The molecular weight excluding hydrogens is 208 g/mol. The van der Waals surface area contributed by atoms with Gasteiger partial charge in [0.25, 0.3) is 0 Å². The Hall–Kier alpha value is -1.13. The van der Waals surface area contributed by atoms with E-state index in [1.54, 1.807) is 6.92 Å². The summed E-state index contributed by atoms with van der Waals surface area (Å²) in [5.41, 5.74) is 1.60. The van der Waals surface area contributed by atoms with Gasteiger partial charge in [-0.25, -0.2) is 4.79 Å². The predicted octanol–water partition coefficient (Wildman–Crippen LogP) is 0.900. The first-order valence-electron chi connectivity index (χ1n) is 4.78. The SMILES string of the molecule is Cc1cccc([C@](C)(O[SiH3])C(=O)O)c1C. The fraction of sp³-hybridized carbons (Fsp3) is 0.364. The third-order valence-electron chi connectivity index (χ3n) is 2.93. The number of rotatable bonds is 3. The summed E-state index contributed by atoms with van der Waals surface area (Å²) in [6, 6.07) is 5.64. The van der Waals surface area contributed by atoms with Gasteiger partial charge in [-0.15, -0.1) is 0 Å². The van der Waals surface area contributed by atoms with E-state index in [1.807, 2.05) is 32.0 Å². The summed E-state index contributed by atoms with van der Waals surface area (Å²) in [6.45, 7) is 5.49. The Bertz CT molecular complexity index is 389. The van der Waals surface area contributed by atoms with Crippen LogP contribution in [0.4, 0.5) is 0 Å². The Balaban J connectivity index is 3.37. The summed E-state index contributed by atoms with van der Waals surface area (Å²) >= 11 is 0. The van der Waals surface area contributed by atoms with Gasteiger partial charge in [-0.1, -0.05) is 18.2 Å². The number of hydrogen-bond donors (Lipinski definition) is 1. The zero-order valence-electron chi connectivity index (χ0n) is 9.50. The molecule has 0 radical (unpaired) electrons. The molecule has 0 heterocycles. The highest BCUT2D eigenvalue weighted by molar-refractivity contribution is 6.00. The second-order valence-corrected chi connectivity index (χ2v) is 4.20. The molecule has 1 aromatic rings. The van der Waals surface area contributed by atoms with Crippen LogP contribution in [0.3, 0.4) is 0 Å². The molecule has 4 heteroatoms. The van der Waals surface area contributed by atoms with Crippen molar-refractivity contribution in [2.24, 2.45) is 0 Å². The first kappa shape index (κ1) is 11.9. The van der Waals surface area contributed by atoms with Gasteiger partial charge < -0.3 is 9.53 Å². The maximum absolute atomic E-state index is 11.2. The van der Waals surface area contributed by atoms with E-state index in [9.17, 15) is 9.90 Å². The molecule has 1 N–H and O–H groups in total. The summed E-state index contributed by atoms with van der Waals surface area (Å²) in [6.07, 6.45) is 0. The number of aliphatic carboxylic acids is 1. The molecule has 0 bridgehead atoms. The van der Waals surface area contributed by atoms with Crippen molar-refractivity contribution in [1.29, 1.82) is 0 Å². The highest BCUT2D eigenvalue weighted by atomic mass is 28.2. The Morgan fingerprint density at radius 3 is 2.53 bits per heavy atom. The lowest BCUT2D eigenvalue weighted by Crippen LogP contribution is -2.35. The van der Waals surface area contributed by atoms with E-state index < -0.39 is 11.6 Å². The third-order valence-corrected chi connectivity index (χ3v) is 3.75. The molecule has 0 saturated heterocycles. The van der Waals surface area contributed by atoms with Gasteiger partial charge in [0.05, 0.1) is 0 Å². The maximum Gasteiger partial charge on any atom is 0.339 e. The van der Waals surface area contributed by atoms with Crippen LogP contribution < -0.4 is 0 Å². The molecule has 0 fully saturated rings. The topological polar surface area (TPSA) is 46.5 Å². The van der Waals surface area contributed by atoms with Crippen molar-refractivity contribution < 1.29 is 14.3 Å². The molecule has 0 unspecified atom stereocenters. The largest absolute Gasteiger partial charge is 0.479 e. The molecule has 15 heavy (non-hydrogen) atoms. The second kappa shape index (κ2) is 4.16. The standard InChI is InChI=1S/C11H16O3Si/c1-7-5-4-6-9(8(7)2)11(3,14-15)10(12)13/h4-6H,1-3,15H3,(H,12,13)/t11-/m0/s1. The smallest absolute Gasteiger partial charge is 0.339 e. The summed E-state index contributed by atoms with van der Waals surface area (Å²) in [5, 5.41) is 9.20. The normalized spacial score (nSPS) is 14.9. The second-order valence-electron chi connectivity index (χ2n) is 3.79. The molecule has 0 aliphatic heterocycles. The quantitative estimate of drug-likeness (QED) is 0.776. The molecule has 0 aromatic heterocycles. The van der Waals surface area contributed by atoms with Gasteiger partial charge in [0.1, 0.15) is 10.5 Å². The number of carbonyl (C=O) groups is 1. The van der Waals surface area contributed by atoms with Crippen molar-refractivity contribution in [2.45, 2.75) is 26.4 Å². The average molecular weight is 224 g/mol. The van der Waals surface area contributed by atoms with Crippen LogP contribution in [-0.4, -0.2) is 21.6 Å². The highest BCUT2D eigenvalue weighted by Crippen LogP contribution is 2.28. The Morgan fingerprint density at radius 1 is 1.47 bits per heavy atom. The molecule has 0 amide bonds. The minimum absolute atomic E-state index is 0.394. The van der Waals surface area contributed by atoms with Crippen LogP contribution in [0.25, 0.3) is 0 Å². The zero-order chi connectivity index (χ0) is 11.6. The fourth-order valence-corrected chi connectivity index (χ4v) is 1.97. The number of aryl methyl sites for hydroxylation is 1. The number of benzene rings is 1. The molecule has 0 aliphatic carbocycles. The van der Waals surface area contributed by atoms with Gasteiger partial charge in [0.15, 0.2) is 5.60 Å². The number of carboxylic acid groups (broad SMARTS) is 1. The van der Waals surface area contributed by atoms with Crippen LogP contribution in [-0.2, 0) is 14.8 Å². The van der Waals surface area contributed by atoms with Gasteiger partial charge in [0, 0.05) is 0 Å². The fourth-order valence-electron chi connectivity index (χ4n) is 1.58. The number of hydrogen-bond acceptors (Lipinski definition) is 2. The first-order chi connectivity index (χ1) is 6.93. The van der Waals surface area contributed by atoms with E-state index in [2.05, 4.69) is 0 Å². The van der Waals surface area contributed by atoms with E-state index in [0.29, 0.717) is 10.5 Å². The van der Waals surface area contributed by atoms with Crippen molar-refractivity contribution in [3.05, 3.63) is 34.9 Å². The van der Waals surface area contributed by atoms with E-state index >= 15 is 0 Å². The number of carboxylic acids is 1. The van der Waals surface area contributed by atoms with Crippen molar-refractivity contribution in [3.63, 3.8) is 0 Å². The molecule has 1 atom stereocenters. The summed E-state index contributed by atoms with van der Waals surface area (Å²) in [5.74, 6) is -0.939. The van der Waals surface area contributed by atoms with Gasteiger partial charge in [-0.3, -0.25) is 0 Å². The van der Waals surface area contributed by atoms with Crippen molar-refractivity contribution in [1.82, 2.24) is 0 Å². The lowest BCUT2D eigenvalue weighted by molar-refractivity contribution is -0.154. The maximum atomic E-state index is 11.2. The van der Waals surface area contributed by atoms with Crippen LogP contribution in [0.15, 0.2) is 18.2 Å². The molecule has 1 aromatic carbocycles. The summed E-state index contributed by atoms with van der Waals surface area (Å²) < 4.78 is 5.26. The van der Waals surface area contributed by atoms with Crippen LogP contribution in [0.1, 0.15) is 23.6 Å². The molecule has 0 saturated carbocycles. The van der Waals surface area contributed by atoms with Crippen molar-refractivity contribution in [2.75, 3.05) is 0 Å². The average Bonchev–Trinajstić information content (AvgIpc) is 2.20. The van der Waals surface area contributed by atoms with Crippen molar-refractivity contribution in [3.8, 4) is 0 Å². The summed E-state index contributed by atoms with van der Waals surface area (Å²) in [4.78, 5) is 11.2. The minimum Gasteiger partial charge on any atom is -0.479 e. The van der Waals surface area contributed by atoms with Crippen LogP contribution in [0.2, 0.25) is 0 Å². The Morgan fingerprint density at radius 2 is 2.07 bits per heavy atom. The highest BCUT2D eigenvalue weighted by Gasteiger charge is 2.35. The lowest BCUT2D eigenvalue weighted by Gasteiger charge is -2.26. The predicted molar refractivity (Wildman–Crippen MR) is 61.9 cm³/mol. The van der Waals surface area contributed by atoms with E-state index in [1.165, 1.54) is 0 Å².